The van der Waals surface area contributed by atoms with Crippen LogP contribution in [0.1, 0.15) is 32.1 Å². The van der Waals surface area contributed by atoms with Crippen LogP contribution in [0.4, 0.5) is 0 Å². The van der Waals surface area contributed by atoms with E-state index in [1.54, 1.807) is 0 Å². The van der Waals surface area contributed by atoms with E-state index in [0.717, 1.165) is 38.9 Å². The zero-order valence-electron chi connectivity index (χ0n) is 14.4. The van der Waals surface area contributed by atoms with Gasteiger partial charge in [0.1, 0.15) is 0 Å². The molecule has 6 nitrogen and oxygen atoms in total. The first-order chi connectivity index (χ1) is 11.2. The summed E-state index contributed by atoms with van der Waals surface area (Å²) in [6.45, 7) is 6.21. The first kappa shape index (κ1) is 19.5. The van der Waals surface area contributed by atoms with Gasteiger partial charge in [0.2, 0.25) is 11.8 Å². The summed E-state index contributed by atoms with van der Waals surface area (Å²) in [4.78, 5) is 28.9. The van der Waals surface area contributed by atoms with Crippen LogP contribution in [0.15, 0.2) is 0 Å². The molecule has 138 valence electrons. The molecular weight excluding hydrogens is 330 g/mol. The molecule has 3 rings (SSSR count). The van der Waals surface area contributed by atoms with Crippen molar-refractivity contribution < 1.29 is 14.3 Å². The lowest BCUT2D eigenvalue weighted by atomic mass is 9.95. The lowest BCUT2D eigenvalue weighted by Gasteiger charge is -2.36. The van der Waals surface area contributed by atoms with Crippen LogP contribution in [-0.4, -0.2) is 74.1 Å². The molecule has 2 amide bonds. The van der Waals surface area contributed by atoms with Gasteiger partial charge in [0.15, 0.2) is 0 Å². The number of hydrogen-bond donors (Lipinski definition) is 1. The number of halogens is 1. The topological polar surface area (TPSA) is 61.9 Å². The third-order valence-electron chi connectivity index (χ3n) is 5.37. The molecule has 0 aromatic carbocycles. The van der Waals surface area contributed by atoms with Gasteiger partial charge in [-0.3, -0.25) is 9.59 Å². The number of morpholine rings is 1. The van der Waals surface area contributed by atoms with E-state index in [2.05, 4.69) is 5.32 Å². The Kier molecular flexibility index (Phi) is 7.78. The van der Waals surface area contributed by atoms with Gasteiger partial charge in [-0.2, -0.15) is 0 Å². The van der Waals surface area contributed by atoms with Gasteiger partial charge >= 0.3 is 0 Å². The summed E-state index contributed by atoms with van der Waals surface area (Å²) in [5.74, 6) is 1.08. The van der Waals surface area contributed by atoms with Gasteiger partial charge in [-0.05, 0) is 44.7 Å². The Bertz CT molecular complexity index is 423. The van der Waals surface area contributed by atoms with Crippen molar-refractivity contribution in [2.45, 2.75) is 32.1 Å². The first-order valence-electron chi connectivity index (χ1n) is 9.09. The third-order valence-corrected chi connectivity index (χ3v) is 5.37. The van der Waals surface area contributed by atoms with Crippen LogP contribution in [0.3, 0.4) is 0 Å². The Morgan fingerprint density at radius 3 is 2.58 bits per heavy atom. The summed E-state index contributed by atoms with van der Waals surface area (Å²) < 4.78 is 5.31. The van der Waals surface area contributed by atoms with E-state index in [4.69, 9.17) is 4.74 Å². The molecule has 24 heavy (non-hydrogen) atoms. The van der Waals surface area contributed by atoms with E-state index < -0.39 is 0 Å². The Balaban J connectivity index is 0.00000208. The second-order valence-corrected chi connectivity index (χ2v) is 7.01. The predicted octanol–water partition coefficient (Wildman–Crippen LogP) is 0.895. The molecule has 0 bridgehead atoms. The van der Waals surface area contributed by atoms with Crippen molar-refractivity contribution >= 4 is 24.2 Å². The second kappa shape index (κ2) is 9.59. The summed E-state index contributed by atoms with van der Waals surface area (Å²) in [7, 11) is 0. The lowest BCUT2D eigenvalue weighted by Crippen LogP contribution is -2.49. The second-order valence-electron chi connectivity index (χ2n) is 7.01. The highest BCUT2D eigenvalue weighted by molar-refractivity contribution is 5.85. The number of piperidine rings is 1. The predicted molar refractivity (Wildman–Crippen MR) is 94.2 cm³/mol. The smallest absolute Gasteiger partial charge is 0.227 e. The van der Waals surface area contributed by atoms with E-state index in [-0.39, 0.29) is 30.1 Å². The van der Waals surface area contributed by atoms with Crippen molar-refractivity contribution in [3.8, 4) is 0 Å². The number of hydrogen-bond acceptors (Lipinski definition) is 4. The number of carbonyl (C=O) groups is 2. The largest absolute Gasteiger partial charge is 0.378 e. The highest BCUT2D eigenvalue weighted by atomic mass is 35.5. The molecule has 3 aliphatic rings. The number of ether oxygens (including phenoxy) is 1. The van der Waals surface area contributed by atoms with Crippen LogP contribution >= 0.6 is 12.4 Å². The number of likely N-dealkylation sites (tertiary alicyclic amines) is 1. The molecule has 0 spiro atoms. The van der Waals surface area contributed by atoms with Crippen molar-refractivity contribution in [1.82, 2.24) is 15.1 Å². The van der Waals surface area contributed by atoms with Crippen LogP contribution in [0, 0.1) is 11.8 Å². The molecular formula is C17H30ClN3O3. The fourth-order valence-electron chi connectivity index (χ4n) is 3.89. The highest BCUT2D eigenvalue weighted by Gasteiger charge is 2.31. The molecule has 2 atom stereocenters. The van der Waals surface area contributed by atoms with E-state index in [1.807, 2.05) is 9.80 Å². The maximum Gasteiger partial charge on any atom is 0.227 e. The summed E-state index contributed by atoms with van der Waals surface area (Å²) in [5, 5.41) is 3.35. The molecule has 0 saturated carbocycles. The summed E-state index contributed by atoms with van der Waals surface area (Å²) in [6, 6.07) is 0. The minimum atomic E-state index is -0.0149. The Hall–Kier alpha value is -0.850. The molecule has 3 fully saturated rings. The number of nitrogens with one attached hydrogen (secondary N) is 1. The molecule has 1 N–H and O–H groups in total. The Morgan fingerprint density at radius 2 is 1.88 bits per heavy atom. The van der Waals surface area contributed by atoms with Crippen molar-refractivity contribution in [2.75, 3.05) is 52.5 Å². The van der Waals surface area contributed by atoms with E-state index in [1.165, 1.54) is 6.42 Å². The zero-order valence-corrected chi connectivity index (χ0v) is 15.2. The third kappa shape index (κ3) is 5.07. The molecule has 3 saturated heterocycles. The van der Waals surface area contributed by atoms with Crippen LogP contribution in [0.5, 0.6) is 0 Å². The molecule has 3 aliphatic heterocycles. The molecule has 7 heteroatoms. The maximum absolute atomic E-state index is 12.6. The Labute approximate surface area is 150 Å². The minimum absolute atomic E-state index is 0. The molecule has 0 aliphatic carbocycles. The molecule has 3 heterocycles. The van der Waals surface area contributed by atoms with Gasteiger partial charge in [0, 0.05) is 32.6 Å². The SMILES string of the molecule is Cl.O=C(CCC1CCNC1)N1CCCC(C(=O)N2CCOCC2)C1. The monoisotopic (exact) mass is 359 g/mol. The first-order valence-corrected chi connectivity index (χ1v) is 9.09. The fourth-order valence-corrected chi connectivity index (χ4v) is 3.89. The maximum atomic E-state index is 12.6. The molecule has 0 radical (unpaired) electrons. The van der Waals surface area contributed by atoms with Crippen LogP contribution in [-0.2, 0) is 14.3 Å². The average Bonchev–Trinajstić information content (AvgIpc) is 3.13. The standard InChI is InChI=1S/C17H29N3O3.ClH/c21-16(4-3-14-5-6-18-12-14)20-7-1-2-15(13-20)17(22)19-8-10-23-11-9-19;/h14-15,18H,1-13H2;1H. The van der Waals surface area contributed by atoms with Gasteiger partial charge in [-0.15, -0.1) is 12.4 Å². The van der Waals surface area contributed by atoms with E-state index >= 15 is 0 Å². The molecule has 0 aromatic rings. The number of carbonyl (C=O) groups excluding carboxylic acids is 2. The van der Waals surface area contributed by atoms with Crippen LogP contribution in [0.2, 0.25) is 0 Å². The quantitative estimate of drug-likeness (QED) is 0.810. The van der Waals surface area contributed by atoms with Crippen molar-refractivity contribution in [2.24, 2.45) is 11.8 Å². The number of rotatable bonds is 4. The van der Waals surface area contributed by atoms with Crippen molar-refractivity contribution in [1.29, 1.82) is 0 Å². The normalized spacial score (nSPS) is 27.7. The van der Waals surface area contributed by atoms with Gasteiger partial charge in [-0.1, -0.05) is 0 Å². The highest BCUT2D eigenvalue weighted by Crippen LogP contribution is 2.22. The molecule has 0 aromatic heterocycles. The summed E-state index contributed by atoms with van der Waals surface area (Å²) in [6.07, 6.45) is 4.64. The van der Waals surface area contributed by atoms with Crippen molar-refractivity contribution in [3.63, 3.8) is 0 Å². The van der Waals surface area contributed by atoms with Gasteiger partial charge < -0.3 is 19.9 Å². The van der Waals surface area contributed by atoms with Gasteiger partial charge in [-0.25, -0.2) is 0 Å². The zero-order chi connectivity index (χ0) is 16.1. The number of amides is 2. The van der Waals surface area contributed by atoms with E-state index in [9.17, 15) is 9.59 Å². The van der Waals surface area contributed by atoms with Gasteiger partial charge in [0.05, 0.1) is 19.1 Å². The molecule has 2 unspecified atom stereocenters. The lowest BCUT2D eigenvalue weighted by molar-refractivity contribution is -0.144. The van der Waals surface area contributed by atoms with E-state index in [0.29, 0.717) is 45.2 Å². The van der Waals surface area contributed by atoms with Crippen LogP contribution in [0.25, 0.3) is 0 Å². The summed E-state index contributed by atoms with van der Waals surface area (Å²) >= 11 is 0. The van der Waals surface area contributed by atoms with Crippen molar-refractivity contribution in [3.05, 3.63) is 0 Å². The average molecular weight is 360 g/mol. The fraction of sp³-hybridized carbons (Fsp3) is 0.882. The Morgan fingerprint density at radius 1 is 1.08 bits per heavy atom. The summed E-state index contributed by atoms with van der Waals surface area (Å²) in [5.41, 5.74) is 0. The van der Waals surface area contributed by atoms with Gasteiger partial charge in [0.25, 0.3) is 0 Å². The minimum Gasteiger partial charge on any atom is -0.378 e. The number of nitrogens with zero attached hydrogens (tertiary/aromatic N) is 2. The van der Waals surface area contributed by atoms with Crippen LogP contribution < -0.4 is 5.32 Å².